The van der Waals surface area contributed by atoms with Gasteiger partial charge in [0.15, 0.2) is 0 Å². The molecule has 0 radical (unpaired) electrons. The minimum absolute atomic E-state index is 0.117. The third-order valence-electron chi connectivity index (χ3n) is 3.56. The molecule has 1 fully saturated rings. The first-order valence-electron chi connectivity index (χ1n) is 6.76. The predicted molar refractivity (Wildman–Crippen MR) is 69.0 cm³/mol. The van der Waals surface area contributed by atoms with Gasteiger partial charge in [-0.3, -0.25) is 9.89 Å². The van der Waals surface area contributed by atoms with Crippen molar-refractivity contribution in [3.8, 4) is 0 Å². The summed E-state index contributed by atoms with van der Waals surface area (Å²) in [5.74, 6) is -0.495. The Morgan fingerprint density at radius 1 is 1.37 bits per heavy atom. The maximum atomic E-state index is 12.1. The van der Waals surface area contributed by atoms with Crippen molar-refractivity contribution in [2.75, 3.05) is 13.2 Å². The van der Waals surface area contributed by atoms with E-state index in [2.05, 4.69) is 4.99 Å². The maximum absolute atomic E-state index is 12.1. The summed E-state index contributed by atoms with van der Waals surface area (Å²) in [4.78, 5) is 30.2. The summed E-state index contributed by atoms with van der Waals surface area (Å²) in [6.45, 7) is 5.63. The number of fused-ring (bicyclic) bond motifs is 1. The van der Waals surface area contributed by atoms with Gasteiger partial charge in [0.1, 0.15) is 0 Å². The van der Waals surface area contributed by atoms with Gasteiger partial charge >= 0.3 is 12.1 Å². The second kappa shape index (κ2) is 5.19. The van der Waals surface area contributed by atoms with Crippen LogP contribution in [0.4, 0.5) is 4.79 Å². The number of aliphatic imine (C=N–C) groups is 1. The van der Waals surface area contributed by atoms with Gasteiger partial charge in [0.05, 0.1) is 19.3 Å². The average molecular weight is 268 g/mol. The van der Waals surface area contributed by atoms with Crippen molar-refractivity contribution >= 4 is 17.8 Å². The molecule has 106 valence electrons. The Bertz CT molecular complexity index is 421. The van der Waals surface area contributed by atoms with Gasteiger partial charge in [-0.05, 0) is 40.0 Å². The molecule has 1 amide bonds. The van der Waals surface area contributed by atoms with E-state index in [0.717, 1.165) is 25.0 Å². The smallest absolute Gasteiger partial charge is 0.412 e. The monoisotopic (exact) mass is 268 g/mol. The van der Waals surface area contributed by atoms with Crippen molar-refractivity contribution in [1.82, 2.24) is 4.90 Å². The summed E-state index contributed by atoms with van der Waals surface area (Å²) in [6.07, 6.45) is 2.14. The molecule has 6 heteroatoms. The fourth-order valence-corrected chi connectivity index (χ4v) is 2.77. The number of esters is 1. The third-order valence-corrected chi connectivity index (χ3v) is 3.56. The number of hydrogen-bond acceptors (Lipinski definition) is 5. The third kappa shape index (κ3) is 2.19. The Balaban J connectivity index is 2.31. The minimum Gasteiger partial charge on any atom is -0.463 e. The second-order valence-corrected chi connectivity index (χ2v) is 4.82. The molecule has 6 nitrogen and oxygen atoms in total. The quantitative estimate of drug-likeness (QED) is 0.731. The molecule has 0 saturated heterocycles. The Hall–Kier alpha value is -1.59. The highest BCUT2D eigenvalue weighted by Crippen LogP contribution is 2.37. The predicted octanol–water partition coefficient (Wildman–Crippen LogP) is 1.73. The molecule has 0 aromatic rings. The van der Waals surface area contributed by atoms with E-state index < -0.39 is 17.7 Å². The van der Waals surface area contributed by atoms with Gasteiger partial charge in [-0.1, -0.05) is 0 Å². The van der Waals surface area contributed by atoms with E-state index in [-0.39, 0.29) is 19.3 Å². The molecule has 1 aliphatic carbocycles. The first kappa shape index (κ1) is 13.8. The van der Waals surface area contributed by atoms with Crippen LogP contribution in [0.15, 0.2) is 4.99 Å². The summed E-state index contributed by atoms with van der Waals surface area (Å²) >= 11 is 0. The highest BCUT2D eigenvalue weighted by atomic mass is 16.6. The fraction of sp³-hybridized carbons (Fsp3) is 0.769. The normalized spacial score (nSPS) is 28.9. The highest BCUT2D eigenvalue weighted by Gasteiger charge is 2.54. The van der Waals surface area contributed by atoms with Gasteiger partial charge in [0.2, 0.25) is 5.66 Å². The molecule has 0 aromatic carbocycles. The van der Waals surface area contributed by atoms with Crippen LogP contribution in [0, 0.1) is 0 Å². The Morgan fingerprint density at radius 3 is 2.68 bits per heavy atom. The highest BCUT2D eigenvalue weighted by molar-refractivity contribution is 6.01. The molecule has 1 heterocycles. The summed E-state index contributed by atoms with van der Waals surface area (Å²) in [5, 5.41) is 0. The van der Waals surface area contributed by atoms with Gasteiger partial charge < -0.3 is 9.47 Å². The van der Waals surface area contributed by atoms with Crippen molar-refractivity contribution in [2.45, 2.75) is 51.7 Å². The number of amides is 1. The number of nitrogens with zero attached hydrogens (tertiary/aromatic N) is 2. The maximum Gasteiger partial charge on any atom is 0.412 e. The van der Waals surface area contributed by atoms with E-state index in [1.54, 1.807) is 20.8 Å². The van der Waals surface area contributed by atoms with E-state index in [9.17, 15) is 9.59 Å². The first-order chi connectivity index (χ1) is 9.04. The molecule has 0 N–H and O–H groups in total. The lowest BCUT2D eigenvalue weighted by molar-refractivity contribution is -0.155. The number of rotatable bonds is 3. The van der Waals surface area contributed by atoms with Crippen molar-refractivity contribution < 1.29 is 19.1 Å². The van der Waals surface area contributed by atoms with E-state index in [1.165, 1.54) is 4.90 Å². The Morgan fingerprint density at radius 2 is 2.05 bits per heavy atom. The lowest BCUT2D eigenvalue weighted by atomic mass is 10.1. The average Bonchev–Trinajstić information content (AvgIpc) is 2.87. The van der Waals surface area contributed by atoms with Gasteiger partial charge in [-0.15, -0.1) is 0 Å². The van der Waals surface area contributed by atoms with E-state index in [1.807, 2.05) is 0 Å². The fourth-order valence-electron chi connectivity index (χ4n) is 2.77. The van der Waals surface area contributed by atoms with Gasteiger partial charge in [0.25, 0.3) is 0 Å². The standard InChI is InChI=1S/C13H20N2O4/c1-4-18-11(16)13(3)14-9-7-6-8-10(9)15(13)12(17)19-5-2/h10H,4-8H2,1-3H3. The molecule has 0 spiro atoms. The van der Waals surface area contributed by atoms with Crippen LogP contribution in [-0.2, 0) is 14.3 Å². The number of ether oxygens (including phenoxy) is 2. The Kier molecular flexibility index (Phi) is 3.78. The van der Waals surface area contributed by atoms with Gasteiger partial charge in [-0.25, -0.2) is 9.59 Å². The number of carbonyl (C=O) groups is 2. The molecule has 1 saturated carbocycles. The number of carbonyl (C=O) groups excluding carboxylic acids is 2. The zero-order chi connectivity index (χ0) is 14.0. The van der Waals surface area contributed by atoms with Crippen LogP contribution in [0.2, 0.25) is 0 Å². The largest absolute Gasteiger partial charge is 0.463 e. The molecule has 2 rings (SSSR count). The lowest BCUT2D eigenvalue weighted by Gasteiger charge is -2.33. The van der Waals surface area contributed by atoms with E-state index in [0.29, 0.717) is 0 Å². The van der Waals surface area contributed by atoms with Crippen LogP contribution >= 0.6 is 0 Å². The Labute approximate surface area is 112 Å². The van der Waals surface area contributed by atoms with E-state index >= 15 is 0 Å². The van der Waals surface area contributed by atoms with Crippen LogP contribution in [0.25, 0.3) is 0 Å². The lowest BCUT2D eigenvalue weighted by Crippen LogP contribution is -2.55. The molecule has 0 aromatic heterocycles. The van der Waals surface area contributed by atoms with Crippen molar-refractivity contribution in [1.29, 1.82) is 0 Å². The second-order valence-electron chi connectivity index (χ2n) is 4.82. The molecule has 19 heavy (non-hydrogen) atoms. The summed E-state index contributed by atoms with van der Waals surface area (Å²) in [6, 6.07) is -0.117. The number of hydrogen-bond donors (Lipinski definition) is 0. The zero-order valence-electron chi connectivity index (χ0n) is 11.6. The van der Waals surface area contributed by atoms with Crippen molar-refractivity contribution in [3.05, 3.63) is 0 Å². The van der Waals surface area contributed by atoms with Crippen molar-refractivity contribution in [3.63, 3.8) is 0 Å². The van der Waals surface area contributed by atoms with Crippen LogP contribution in [0.5, 0.6) is 0 Å². The molecule has 1 aliphatic heterocycles. The molecular formula is C13H20N2O4. The minimum atomic E-state index is -1.28. The summed E-state index contributed by atoms with van der Waals surface area (Å²) in [7, 11) is 0. The molecule has 2 unspecified atom stereocenters. The van der Waals surface area contributed by atoms with Crippen LogP contribution in [0.1, 0.15) is 40.0 Å². The van der Waals surface area contributed by atoms with Gasteiger partial charge in [-0.2, -0.15) is 0 Å². The van der Waals surface area contributed by atoms with Crippen LogP contribution < -0.4 is 0 Å². The van der Waals surface area contributed by atoms with Gasteiger partial charge in [0, 0.05) is 5.71 Å². The summed E-state index contributed by atoms with van der Waals surface area (Å²) < 4.78 is 10.1. The first-order valence-corrected chi connectivity index (χ1v) is 6.76. The van der Waals surface area contributed by atoms with Crippen LogP contribution in [0.3, 0.4) is 0 Å². The molecule has 2 aliphatic rings. The molecule has 2 atom stereocenters. The zero-order valence-corrected chi connectivity index (χ0v) is 11.6. The SMILES string of the molecule is CCOC(=O)N1C2CCCC2=NC1(C)C(=O)OCC. The molecule has 0 bridgehead atoms. The topological polar surface area (TPSA) is 68.2 Å². The summed E-state index contributed by atoms with van der Waals surface area (Å²) in [5.41, 5.74) is -0.369. The van der Waals surface area contributed by atoms with Crippen molar-refractivity contribution in [2.24, 2.45) is 4.99 Å². The molecular weight excluding hydrogens is 248 g/mol. The van der Waals surface area contributed by atoms with E-state index in [4.69, 9.17) is 9.47 Å². The van der Waals surface area contributed by atoms with Crippen LogP contribution in [-0.4, -0.2) is 47.6 Å².